The standard InChI is InChI=1S/C10H11ClF3NOS/c11-2-3-15(7-10(12,13)14)9(16)5-8-1-4-17-6-8/h1,4,6H,2-3,5,7H2. The van der Waals surface area contributed by atoms with Gasteiger partial charge in [0.05, 0.1) is 6.42 Å². The summed E-state index contributed by atoms with van der Waals surface area (Å²) in [5, 5.41) is 3.52. The number of alkyl halides is 4. The van der Waals surface area contributed by atoms with Crippen molar-refractivity contribution in [3.8, 4) is 0 Å². The highest BCUT2D eigenvalue weighted by molar-refractivity contribution is 7.07. The predicted molar refractivity (Wildman–Crippen MR) is 61.4 cm³/mol. The summed E-state index contributed by atoms with van der Waals surface area (Å²) in [5.74, 6) is -0.563. The van der Waals surface area contributed by atoms with Crippen LogP contribution in [0, 0.1) is 0 Å². The molecule has 0 saturated carbocycles. The number of nitrogens with zero attached hydrogens (tertiary/aromatic N) is 1. The minimum absolute atomic E-state index is 0.00848. The third kappa shape index (κ3) is 5.41. The fourth-order valence-corrected chi connectivity index (χ4v) is 2.16. The summed E-state index contributed by atoms with van der Waals surface area (Å²) in [6.45, 7) is -1.34. The maximum Gasteiger partial charge on any atom is 0.406 e. The number of carbonyl (C=O) groups is 1. The molecule has 0 atom stereocenters. The average molecular weight is 286 g/mol. The van der Waals surface area contributed by atoms with Crippen LogP contribution in [0.15, 0.2) is 16.8 Å². The van der Waals surface area contributed by atoms with E-state index in [1.807, 2.05) is 0 Å². The van der Waals surface area contributed by atoms with E-state index < -0.39 is 18.6 Å². The van der Waals surface area contributed by atoms with Crippen LogP contribution >= 0.6 is 22.9 Å². The van der Waals surface area contributed by atoms with E-state index in [1.165, 1.54) is 11.3 Å². The largest absolute Gasteiger partial charge is 0.406 e. The Morgan fingerprint density at radius 3 is 2.65 bits per heavy atom. The summed E-state index contributed by atoms with van der Waals surface area (Å²) in [4.78, 5) is 12.4. The molecule has 1 amide bonds. The van der Waals surface area contributed by atoms with Gasteiger partial charge in [-0.25, -0.2) is 0 Å². The minimum atomic E-state index is -4.39. The number of amides is 1. The van der Waals surface area contributed by atoms with E-state index in [1.54, 1.807) is 16.8 Å². The van der Waals surface area contributed by atoms with Gasteiger partial charge in [0.15, 0.2) is 0 Å². The molecule has 96 valence electrons. The second-order valence-corrected chi connectivity index (χ2v) is 4.59. The van der Waals surface area contributed by atoms with Crippen LogP contribution < -0.4 is 0 Å². The van der Waals surface area contributed by atoms with Crippen LogP contribution in [0.5, 0.6) is 0 Å². The zero-order valence-corrected chi connectivity index (χ0v) is 10.4. The molecule has 0 radical (unpaired) electrons. The van der Waals surface area contributed by atoms with Gasteiger partial charge in [-0.2, -0.15) is 24.5 Å². The number of hydrogen-bond donors (Lipinski definition) is 0. The molecule has 0 aliphatic carbocycles. The molecule has 0 unspecified atom stereocenters. The van der Waals surface area contributed by atoms with Gasteiger partial charge in [-0.1, -0.05) is 0 Å². The summed E-state index contributed by atoms with van der Waals surface area (Å²) in [7, 11) is 0. The molecule has 1 heterocycles. The maximum absolute atomic E-state index is 12.2. The van der Waals surface area contributed by atoms with Crippen molar-refractivity contribution in [1.82, 2.24) is 4.90 Å². The molecule has 7 heteroatoms. The van der Waals surface area contributed by atoms with Gasteiger partial charge in [0.25, 0.3) is 0 Å². The van der Waals surface area contributed by atoms with Crippen molar-refractivity contribution >= 4 is 28.8 Å². The van der Waals surface area contributed by atoms with Gasteiger partial charge in [0.1, 0.15) is 6.54 Å². The van der Waals surface area contributed by atoms with E-state index in [-0.39, 0.29) is 18.8 Å². The second kappa shape index (κ2) is 6.26. The van der Waals surface area contributed by atoms with Gasteiger partial charge in [-0.05, 0) is 22.4 Å². The Labute approximate surface area is 106 Å². The fraction of sp³-hybridized carbons (Fsp3) is 0.500. The molecule has 2 nitrogen and oxygen atoms in total. The summed E-state index contributed by atoms with van der Waals surface area (Å²) in [5.41, 5.74) is 0.724. The smallest absolute Gasteiger partial charge is 0.332 e. The topological polar surface area (TPSA) is 20.3 Å². The first-order valence-corrected chi connectivity index (χ1v) is 6.31. The lowest BCUT2D eigenvalue weighted by Gasteiger charge is -2.22. The molecule has 1 rings (SSSR count). The highest BCUT2D eigenvalue weighted by Gasteiger charge is 2.32. The van der Waals surface area contributed by atoms with Gasteiger partial charge in [0.2, 0.25) is 5.91 Å². The quantitative estimate of drug-likeness (QED) is 0.762. The average Bonchev–Trinajstić information content (AvgIpc) is 2.67. The summed E-state index contributed by atoms with van der Waals surface area (Å²) >= 11 is 6.79. The van der Waals surface area contributed by atoms with Crippen molar-refractivity contribution in [3.05, 3.63) is 22.4 Å². The normalized spacial score (nSPS) is 11.5. The van der Waals surface area contributed by atoms with Gasteiger partial charge >= 0.3 is 6.18 Å². The van der Waals surface area contributed by atoms with Gasteiger partial charge in [0, 0.05) is 12.4 Å². The molecular formula is C10H11ClF3NOS. The summed E-state index contributed by atoms with van der Waals surface area (Å²) < 4.78 is 36.7. The van der Waals surface area contributed by atoms with Crippen molar-refractivity contribution in [3.63, 3.8) is 0 Å². The molecule has 0 aromatic carbocycles. The molecule has 1 aromatic heterocycles. The molecule has 0 spiro atoms. The van der Waals surface area contributed by atoms with E-state index in [4.69, 9.17) is 11.6 Å². The zero-order chi connectivity index (χ0) is 12.9. The molecule has 0 saturated heterocycles. The van der Waals surface area contributed by atoms with E-state index in [0.717, 1.165) is 10.5 Å². The Morgan fingerprint density at radius 1 is 1.47 bits per heavy atom. The highest BCUT2D eigenvalue weighted by Crippen LogP contribution is 2.17. The third-order valence-electron chi connectivity index (χ3n) is 2.01. The van der Waals surface area contributed by atoms with E-state index in [9.17, 15) is 18.0 Å². The first kappa shape index (κ1) is 14.3. The predicted octanol–water partition coefficient (Wildman–Crippen LogP) is 2.92. The van der Waals surface area contributed by atoms with Gasteiger partial charge in [-0.15, -0.1) is 11.6 Å². The summed E-state index contributed by atoms with van der Waals surface area (Å²) in [6, 6.07) is 1.72. The van der Waals surface area contributed by atoms with Crippen LogP contribution in [0.3, 0.4) is 0 Å². The molecule has 0 fully saturated rings. The minimum Gasteiger partial charge on any atom is -0.332 e. The lowest BCUT2D eigenvalue weighted by atomic mass is 10.2. The first-order valence-electron chi connectivity index (χ1n) is 4.84. The number of thiophene rings is 1. The first-order chi connectivity index (χ1) is 7.92. The van der Waals surface area contributed by atoms with Crippen molar-refractivity contribution in [2.24, 2.45) is 0 Å². The highest BCUT2D eigenvalue weighted by atomic mass is 35.5. The van der Waals surface area contributed by atoms with Crippen molar-refractivity contribution in [2.75, 3.05) is 19.0 Å². The molecule has 0 N–H and O–H groups in total. The van der Waals surface area contributed by atoms with Gasteiger partial charge < -0.3 is 4.90 Å². The number of carbonyl (C=O) groups excluding carboxylic acids is 1. The summed E-state index contributed by atoms with van der Waals surface area (Å²) in [6.07, 6.45) is -4.41. The van der Waals surface area contributed by atoms with Crippen LogP contribution in [-0.2, 0) is 11.2 Å². The van der Waals surface area contributed by atoms with Crippen molar-refractivity contribution in [2.45, 2.75) is 12.6 Å². The number of halogens is 4. The lowest BCUT2D eigenvalue weighted by Crippen LogP contribution is -2.40. The van der Waals surface area contributed by atoms with E-state index in [2.05, 4.69) is 0 Å². The van der Waals surface area contributed by atoms with Gasteiger partial charge in [-0.3, -0.25) is 4.79 Å². The Hall–Kier alpha value is -0.750. The third-order valence-corrected chi connectivity index (χ3v) is 2.91. The van der Waals surface area contributed by atoms with Crippen molar-refractivity contribution in [1.29, 1.82) is 0 Å². The molecule has 17 heavy (non-hydrogen) atoms. The fourth-order valence-electron chi connectivity index (χ4n) is 1.29. The van der Waals surface area contributed by atoms with Crippen LogP contribution in [0.25, 0.3) is 0 Å². The Bertz CT molecular complexity index is 353. The monoisotopic (exact) mass is 285 g/mol. The Kier molecular flexibility index (Phi) is 5.27. The number of hydrogen-bond acceptors (Lipinski definition) is 2. The Morgan fingerprint density at radius 2 is 2.18 bits per heavy atom. The zero-order valence-electron chi connectivity index (χ0n) is 8.84. The molecular weight excluding hydrogens is 275 g/mol. The maximum atomic E-state index is 12.2. The molecule has 0 aliphatic heterocycles. The van der Waals surface area contributed by atoms with Crippen molar-refractivity contribution < 1.29 is 18.0 Å². The van der Waals surface area contributed by atoms with Crippen LogP contribution in [0.1, 0.15) is 5.56 Å². The lowest BCUT2D eigenvalue weighted by molar-refractivity contribution is -0.160. The van der Waals surface area contributed by atoms with Crippen LogP contribution in [0.2, 0.25) is 0 Å². The van der Waals surface area contributed by atoms with E-state index >= 15 is 0 Å². The second-order valence-electron chi connectivity index (χ2n) is 3.43. The van der Waals surface area contributed by atoms with Crippen LogP contribution in [-0.4, -0.2) is 36.0 Å². The Balaban J connectivity index is 2.60. The molecule has 0 bridgehead atoms. The molecule has 1 aromatic rings. The SMILES string of the molecule is O=C(Cc1ccsc1)N(CCCl)CC(F)(F)F. The van der Waals surface area contributed by atoms with Crippen LogP contribution in [0.4, 0.5) is 13.2 Å². The number of rotatable bonds is 5. The molecule has 0 aliphatic rings. The van der Waals surface area contributed by atoms with E-state index in [0.29, 0.717) is 0 Å².